The molecule has 3 aromatic rings. The number of Topliss-reactive ketones (excluding diaryl/α,β-unsaturated/α-hetero) is 2. The van der Waals surface area contributed by atoms with Gasteiger partial charge in [-0.2, -0.15) is 0 Å². The average Bonchev–Trinajstić information content (AvgIpc) is 2.23. The number of ether oxygens (including phenoxy) is 7. The average molecular weight is 1040 g/mol. The van der Waals surface area contributed by atoms with E-state index in [0.717, 1.165) is 5.56 Å². The zero-order valence-corrected chi connectivity index (χ0v) is 44.1. The number of benzene rings is 3. The van der Waals surface area contributed by atoms with Crippen LogP contribution in [0.5, 0.6) is 23.0 Å². The lowest BCUT2D eigenvalue weighted by Gasteiger charge is -2.26. The lowest BCUT2D eigenvalue weighted by atomic mass is 9.84. The maximum atomic E-state index is 13.7. The van der Waals surface area contributed by atoms with Crippen LogP contribution in [0, 0.1) is 47.3 Å². The van der Waals surface area contributed by atoms with Crippen LogP contribution in [-0.4, -0.2) is 107 Å². The van der Waals surface area contributed by atoms with Crippen LogP contribution in [0.4, 0.5) is 4.79 Å². The Bertz CT molecular complexity index is 2690. The molecule has 1 heterocycles. The van der Waals surface area contributed by atoms with Gasteiger partial charge in [0, 0.05) is 69.0 Å². The topological polar surface area (TPSA) is 173 Å². The van der Waals surface area contributed by atoms with E-state index in [1.165, 1.54) is 41.3 Å². The Labute approximate surface area is 458 Å². The summed E-state index contributed by atoms with van der Waals surface area (Å²) < 4.78 is 123. The van der Waals surface area contributed by atoms with Gasteiger partial charge in [0.1, 0.15) is 6.61 Å². The Morgan fingerprint density at radius 1 is 0.608 bits per heavy atom. The molecule has 0 radical (unpaired) electrons. The molecule has 2 amide bonds. The van der Waals surface area contributed by atoms with Gasteiger partial charge in [0.15, 0.2) is 34.6 Å². The third kappa shape index (κ3) is 19.7. The number of rotatable bonds is 32. The molecule has 0 bridgehead atoms. The van der Waals surface area contributed by atoms with Crippen LogP contribution in [-0.2, 0) is 30.2 Å². The number of methoxy groups -OCH3 is 4. The summed E-state index contributed by atoms with van der Waals surface area (Å²) in [5, 5.41) is 9.35. The highest BCUT2D eigenvalue weighted by atomic mass is 16.6. The number of aliphatic carboxylic acids is 1. The summed E-state index contributed by atoms with van der Waals surface area (Å²) in [6.07, 6.45) is 9.22. The predicted molar refractivity (Wildman–Crippen MR) is 288 cm³/mol. The first-order valence-electron chi connectivity index (χ1n) is 31.3. The Morgan fingerprint density at radius 2 is 1.05 bits per heavy atom. The van der Waals surface area contributed by atoms with Crippen LogP contribution < -0.4 is 18.9 Å². The van der Waals surface area contributed by atoms with Crippen molar-refractivity contribution in [2.45, 2.75) is 106 Å². The van der Waals surface area contributed by atoms with Crippen LogP contribution in [0.25, 0.3) is 0 Å². The van der Waals surface area contributed by atoms with Gasteiger partial charge in [-0.15, -0.1) is 0 Å². The van der Waals surface area contributed by atoms with E-state index in [2.05, 4.69) is 0 Å². The van der Waals surface area contributed by atoms with Gasteiger partial charge >= 0.3 is 12.1 Å². The second-order valence-electron chi connectivity index (χ2n) is 19.6. The molecule has 1 N–H and O–H groups in total. The fraction of sp³-hybridized carbons (Fsp3) is 0.550. The summed E-state index contributed by atoms with van der Waals surface area (Å²) in [6, 6.07) is 17.8. The zero-order valence-electron chi connectivity index (χ0n) is 56.1. The molecule has 5 atom stereocenters. The van der Waals surface area contributed by atoms with Crippen LogP contribution in [0.2, 0.25) is 0 Å². The Balaban J connectivity index is 0.000000469. The van der Waals surface area contributed by atoms with Crippen molar-refractivity contribution < 1.29 is 78.7 Å². The number of carboxylic acids is 1. The molecule has 14 nitrogen and oxygen atoms in total. The highest BCUT2D eigenvalue weighted by molar-refractivity contribution is 5.99. The number of imide groups is 1. The fourth-order valence-corrected chi connectivity index (χ4v) is 8.37. The van der Waals surface area contributed by atoms with Gasteiger partial charge in [-0.1, -0.05) is 110 Å². The summed E-state index contributed by atoms with van der Waals surface area (Å²) in [7, 11) is -10.6. The molecule has 1 aliphatic rings. The van der Waals surface area contributed by atoms with Gasteiger partial charge in [-0.05, 0) is 97.7 Å². The molecular weight excluding hydrogens is 943 g/mol. The molecular formula is C60H85NO13. The smallest absolute Gasteiger partial charge is 0.416 e. The molecule has 14 heteroatoms. The fourth-order valence-electron chi connectivity index (χ4n) is 8.37. The first-order valence-corrected chi connectivity index (χ1v) is 25.3. The normalized spacial score (nSPS) is 18.4. The number of carboxylic acid groups (broad SMARTS) is 1. The minimum atomic E-state index is -2.76. The molecule has 4 rings (SSSR count). The van der Waals surface area contributed by atoms with Crippen LogP contribution >= 0.6 is 0 Å². The molecule has 0 aromatic heterocycles. The van der Waals surface area contributed by atoms with E-state index in [1.54, 1.807) is 6.08 Å². The van der Waals surface area contributed by atoms with Crippen LogP contribution in [0.15, 0.2) is 91.0 Å². The summed E-state index contributed by atoms with van der Waals surface area (Å²) >= 11 is 0. The maximum Gasteiger partial charge on any atom is 0.416 e. The lowest BCUT2D eigenvalue weighted by molar-refractivity contribution is -0.143. The van der Waals surface area contributed by atoms with Crippen molar-refractivity contribution in [3.8, 4) is 23.0 Å². The molecule has 1 fully saturated rings. The largest absolute Gasteiger partial charge is 0.493 e. The van der Waals surface area contributed by atoms with Crippen molar-refractivity contribution in [3.63, 3.8) is 0 Å². The molecule has 74 heavy (non-hydrogen) atoms. The number of nitrogens with zero attached hydrogens (tertiary/aromatic N) is 1. The van der Waals surface area contributed by atoms with Gasteiger partial charge in [0.25, 0.3) is 0 Å². The van der Waals surface area contributed by atoms with Crippen molar-refractivity contribution >= 4 is 29.5 Å². The molecule has 408 valence electrons. The van der Waals surface area contributed by atoms with Crippen molar-refractivity contribution in [2.75, 3.05) is 61.2 Å². The van der Waals surface area contributed by atoms with Gasteiger partial charge < -0.3 is 38.3 Å². The van der Waals surface area contributed by atoms with Crippen molar-refractivity contribution in [3.05, 3.63) is 108 Å². The summed E-state index contributed by atoms with van der Waals surface area (Å²) in [6.45, 7) is 15.2. The van der Waals surface area contributed by atoms with E-state index in [1.807, 2.05) is 104 Å². The lowest BCUT2D eigenvalue weighted by Crippen LogP contribution is -2.44. The van der Waals surface area contributed by atoms with Gasteiger partial charge in [0.2, 0.25) is 5.91 Å². The van der Waals surface area contributed by atoms with E-state index in [4.69, 9.17) is 49.6 Å². The van der Waals surface area contributed by atoms with Crippen molar-refractivity contribution in [1.82, 2.24) is 4.90 Å². The summed E-state index contributed by atoms with van der Waals surface area (Å²) in [5.74, 6) is -3.49. The van der Waals surface area contributed by atoms with E-state index < -0.39 is 63.9 Å². The Hall–Kier alpha value is -5.99. The standard InChI is InChI=1S/C35H47NO7.C25H38O6/c1-24(2)29(33(37)27-17-18-31(41-6)32(22-27)42-20-12-19-40-5)15-10-11-16-30(25(3)4)34(38)36-28(23-43-35(36)39)21-26-13-8-7-9-14-26;1-17(2)20(10-7-8-11-21(18(3)4)25(27)28)24(26)19-12-13-22(30-6)23(16-19)31-15-9-14-29-5/h7-11,13-14,17-18,22,24-25,28-30H,12,15-16,19-21,23H2,1-6H3;7-8,12-13,16-18,20-21H,9-11,14-15H2,1-6H3,(H,27,28)/b11-10+;8-7+/t28-,29?,30-;20?,21-/m00/s1/i2*5D3,6D3. The van der Waals surface area contributed by atoms with Gasteiger partial charge in [-0.25, -0.2) is 9.69 Å². The number of amides is 2. The number of hydrogen-bond donors (Lipinski definition) is 1. The minimum absolute atomic E-state index is 0.000673. The quantitative estimate of drug-likeness (QED) is 0.0356. The first kappa shape index (κ1) is 45.4. The SMILES string of the molecule is [2H]C([2H])([2H])OCCCOc1cc(C(=O)C(C/C=C/C[C@H](C(=O)N2C(=O)OC[C@@H]2Cc2ccccc2)C(C)C)C(C)C)ccc1OC([2H])([2H])[2H].[2H]C([2H])([2H])OCCCOc1cc(C(=O)C(C/C=C/C[C@H](C(=O)O)C(C)C)C(C)C)ccc1OC([2H])([2H])[2H]. The number of ketones is 2. The second kappa shape index (κ2) is 33.0. The van der Waals surface area contributed by atoms with Crippen molar-refractivity contribution in [1.29, 1.82) is 0 Å². The van der Waals surface area contributed by atoms with Crippen LogP contribution in [0.1, 0.15) is 137 Å². The first-order chi connectivity index (χ1) is 40.0. The Morgan fingerprint density at radius 3 is 1.47 bits per heavy atom. The molecule has 3 aromatic carbocycles. The highest BCUT2D eigenvalue weighted by Gasteiger charge is 2.41. The molecule has 0 aliphatic carbocycles. The molecule has 2 unspecified atom stereocenters. The molecule has 0 spiro atoms. The monoisotopic (exact) mass is 1040 g/mol. The third-order valence-corrected chi connectivity index (χ3v) is 12.9. The van der Waals surface area contributed by atoms with E-state index in [-0.39, 0.29) is 116 Å². The van der Waals surface area contributed by atoms with E-state index >= 15 is 0 Å². The summed E-state index contributed by atoms with van der Waals surface area (Å²) in [5.41, 5.74) is 1.61. The number of hydrogen-bond acceptors (Lipinski definition) is 12. The molecule has 0 saturated carbocycles. The number of cyclic esters (lactones) is 1. The number of allylic oxidation sites excluding steroid dienone is 4. The Kier molecular flexibility index (Phi) is 20.3. The second-order valence-corrected chi connectivity index (χ2v) is 19.6. The predicted octanol–water partition coefficient (Wildman–Crippen LogP) is 12.0. The minimum Gasteiger partial charge on any atom is -0.493 e. The maximum absolute atomic E-state index is 13.7. The van der Waals surface area contributed by atoms with Gasteiger partial charge in [-0.3, -0.25) is 19.2 Å². The molecule has 1 saturated heterocycles. The third-order valence-electron chi connectivity index (χ3n) is 12.9. The molecule has 1 aliphatic heterocycles. The highest BCUT2D eigenvalue weighted by Crippen LogP contribution is 2.33. The van der Waals surface area contributed by atoms with Crippen LogP contribution in [0.3, 0.4) is 0 Å². The van der Waals surface area contributed by atoms with E-state index in [9.17, 15) is 29.1 Å². The zero-order chi connectivity index (χ0) is 64.7. The van der Waals surface area contributed by atoms with Gasteiger partial charge in [0.05, 0.1) is 55.7 Å². The number of carbonyl (C=O) groups excluding carboxylic acids is 4. The summed E-state index contributed by atoms with van der Waals surface area (Å²) in [4.78, 5) is 66.0. The number of carbonyl (C=O) groups is 5. The van der Waals surface area contributed by atoms with E-state index in [0.29, 0.717) is 43.2 Å². The van der Waals surface area contributed by atoms with Crippen molar-refractivity contribution in [2.24, 2.45) is 47.3 Å².